The van der Waals surface area contributed by atoms with E-state index in [0.717, 1.165) is 63.6 Å². The van der Waals surface area contributed by atoms with E-state index in [4.69, 9.17) is 0 Å². The van der Waals surface area contributed by atoms with Crippen LogP contribution in [0.15, 0.2) is 9.79 Å². The smallest absolute Gasteiger partial charge is 0.345 e. The summed E-state index contributed by atoms with van der Waals surface area (Å²) >= 11 is 0. The van der Waals surface area contributed by atoms with E-state index in [1.165, 1.54) is 25.7 Å². The van der Waals surface area contributed by atoms with Gasteiger partial charge in [0, 0.05) is 46.2 Å². The molecule has 7 nitrogen and oxygen atoms in total. The Bertz CT molecular complexity index is 708. The van der Waals surface area contributed by atoms with Crippen LogP contribution in [0.2, 0.25) is 0 Å². The van der Waals surface area contributed by atoms with Crippen molar-refractivity contribution in [2.24, 2.45) is 10.4 Å². The molecule has 3 heterocycles. The van der Waals surface area contributed by atoms with E-state index in [9.17, 15) is 4.79 Å². The molecule has 28 heavy (non-hydrogen) atoms. The minimum atomic E-state index is 0. The van der Waals surface area contributed by atoms with E-state index in [1.54, 1.807) is 4.68 Å². The van der Waals surface area contributed by atoms with Crippen LogP contribution in [-0.4, -0.2) is 51.9 Å². The second-order valence-corrected chi connectivity index (χ2v) is 8.44. The van der Waals surface area contributed by atoms with Crippen molar-refractivity contribution in [3.63, 3.8) is 0 Å². The average molecular weight is 504 g/mol. The Labute approximate surface area is 186 Å². The maximum absolute atomic E-state index is 12.4. The Kier molecular flexibility index (Phi) is 8.82. The molecular weight excluding hydrogens is 467 g/mol. The van der Waals surface area contributed by atoms with Gasteiger partial charge >= 0.3 is 5.69 Å². The molecule has 1 aromatic rings. The van der Waals surface area contributed by atoms with Gasteiger partial charge in [-0.1, -0.05) is 20.3 Å². The summed E-state index contributed by atoms with van der Waals surface area (Å²) in [6.45, 7) is 9.12. The van der Waals surface area contributed by atoms with Crippen LogP contribution in [0.25, 0.3) is 0 Å². The maximum atomic E-state index is 12.4. The first-order chi connectivity index (χ1) is 13.1. The van der Waals surface area contributed by atoms with Crippen molar-refractivity contribution in [3.8, 4) is 0 Å². The van der Waals surface area contributed by atoms with Gasteiger partial charge in [0.15, 0.2) is 5.96 Å². The van der Waals surface area contributed by atoms with Crippen molar-refractivity contribution >= 4 is 29.9 Å². The van der Waals surface area contributed by atoms with E-state index in [2.05, 4.69) is 34.2 Å². The quantitative estimate of drug-likeness (QED) is 0.280. The van der Waals surface area contributed by atoms with E-state index in [-0.39, 0.29) is 29.7 Å². The molecule has 2 aliphatic rings. The third-order valence-corrected chi connectivity index (χ3v) is 6.01. The number of hydrogen-bond acceptors (Lipinski definition) is 3. The van der Waals surface area contributed by atoms with Gasteiger partial charge in [0.2, 0.25) is 0 Å². The lowest BCUT2D eigenvalue weighted by Gasteiger charge is -2.42. The highest BCUT2D eigenvalue weighted by Crippen LogP contribution is 2.33. The summed E-state index contributed by atoms with van der Waals surface area (Å²) in [5.41, 5.74) is 0.452. The fourth-order valence-electron chi connectivity index (χ4n) is 4.66. The molecule has 1 N–H and O–H groups in total. The van der Waals surface area contributed by atoms with Gasteiger partial charge in [-0.05, 0) is 43.9 Å². The van der Waals surface area contributed by atoms with Crippen LogP contribution in [0.5, 0.6) is 0 Å². The summed E-state index contributed by atoms with van der Waals surface area (Å²) in [6.07, 6.45) is 9.07. The zero-order valence-electron chi connectivity index (χ0n) is 17.7. The maximum Gasteiger partial charge on any atom is 0.345 e. The third-order valence-electron chi connectivity index (χ3n) is 6.01. The molecule has 0 aromatic carbocycles. The van der Waals surface area contributed by atoms with Crippen molar-refractivity contribution in [3.05, 3.63) is 16.3 Å². The second kappa shape index (κ2) is 10.6. The first-order valence-corrected chi connectivity index (χ1v) is 10.7. The predicted octanol–water partition coefficient (Wildman–Crippen LogP) is 2.87. The SMILES string of the molecule is CCCC1(C)CCCN(C(=NC)NCCCn2nc3n(c2=O)CCCC3)C1.I. The number of halogens is 1. The van der Waals surface area contributed by atoms with Crippen LogP contribution < -0.4 is 11.0 Å². The second-order valence-electron chi connectivity index (χ2n) is 8.44. The molecule has 3 rings (SSSR count). The first kappa shape index (κ1) is 23.2. The Hall–Kier alpha value is -1.06. The van der Waals surface area contributed by atoms with Crippen LogP contribution in [0, 0.1) is 5.41 Å². The first-order valence-electron chi connectivity index (χ1n) is 10.7. The molecule has 1 unspecified atom stereocenters. The van der Waals surface area contributed by atoms with Crippen molar-refractivity contribution in [1.82, 2.24) is 24.6 Å². The fraction of sp³-hybridized carbons (Fsp3) is 0.850. The Morgan fingerprint density at radius 2 is 2.11 bits per heavy atom. The molecule has 1 saturated heterocycles. The number of likely N-dealkylation sites (tertiary alicyclic amines) is 1. The summed E-state index contributed by atoms with van der Waals surface area (Å²) in [5.74, 6) is 1.95. The van der Waals surface area contributed by atoms with Crippen LogP contribution in [-0.2, 0) is 19.5 Å². The molecule has 0 amide bonds. The number of nitrogens with zero attached hydrogens (tertiary/aromatic N) is 5. The van der Waals surface area contributed by atoms with Crippen molar-refractivity contribution < 1.29 is 0 Å². The van der Waals surface area contributed by atoms with Gasteiger partial charge in [0.05, 0.1) is 0 Å². The molecule has 1 atom stereocenters. The molecule has 0 spiro atoms. The minimum Gasteiger partial charge on any atom is -0.356 e. The van der Waals surface area contributed by atoms with Crippen molar-refractivity contribution in [2.75, 3.05) is 26.7 Å². The molecule has 0 bridgehead atoms. The van der Waals surface area contributed by atoms with Gasteiger partial charge in [-0.2, -0.15) is 5.10 Å². The normalized spacial score (nSPS) is 22.5. The minimum absolute atomic E-state index is 0. The summed E-state index contributed by atoms with van der Waals surface area (Å²) in [4.78, 5) is 19.3. The lowest BCUT2D eigenvalue weighted by Crippen LogP contribution is -2.50. The van der Waals surface area contributed by atoms with Crippen LogP contribution >= 0.6 is 24.0 Å². The highest BCUT2D eigenvalue weighted by atomic mass is 127. The number of rotatable bonds is 6. The summed E-state index contributed by atoms with van der Waals surface area (Å²) in [6, 6.07) is 0. The lowest BCUT2D eigenvalue weighted by molar-refractivity contribution is 0.142. The van der Waals surface area contributed by atoms with Gasteiger partial charge in [-0.25, -0.2) is 9.48 Å². The highest BCUT2D eigenvalue weighted by molar-refractivity contribution is 14.0. The van der Waals surface area contributed by atoms with Gasteiger partial charge in [-0.3, -0.25) is 9.56 Å². The number of aromatic nitrogens is 3. The Balaban J connectivity index is 0.00000280. The largest absolute Gasteiger partial charge is 0.356 e. The Morgan fingerprint density at radius 1 is 1.29 bits per heavy atom. The Morgan fingerprint density at radius 3 is 2.82 bits per heavy atom. The lowest BCUT2D eigenvalue weighted by atomic mass is 9.78. The van der Waals surface area contributed by atoms with Gasteiger partial charge in [-0.15, -0.1) is 24.0 Å². The van der Waals surface area contributed by atoms with Gasteiger partial charge < -0.3 is 10.2 Å². The molecule has 2 aliphatic heterocycles. The average Bonchev–Trinajstić information content (AvgIpc) is 2.98. The predicted molar refractivity (Wildman–Crippen MR) is 125 cm³/mol. The van der Waals surface area contributed by atoms with E-state index >= 15 is 0 Å². The number of aryl methyl sites for hydroxylation is 2. The topological polar surface area (TPSA) is 67.5 Å². The molecule has 1 aromatic heterocycles. The number of fused-ring (bicyclic) bond motifs is 1. The summed E-state index contributed by atoms with van der Waals surface area (Å²) in [7, 11) is 1.86. The molecule has 1 fully saturated rings. The van der Waals surface area contributed by atoms with Gasteiger partial charge in [0.25, 0.3) is 0 Å². The van der Waals surface area contributed by atoms with E-state index in [0.29, 0.717) is 12.0 Å². The number of piperidine rings is 1. The van der Waals surface area contributed by atoms with Crippen molar-refractivity contribution in [2.45, 2.75) is 78.3 Å². The van der Waals surface area contributed by atoms with Crippen LogP contribution in [0.1, 0.15) is 64.6 Å². The van der Waals surface area contributed by atoms with Crippen LogP contribution in [0.4, 0.5) is 0 Å². The molecular formula is C20H37IN6O. The van der Waals surface area contributed by atoms with Crippen molar-refractivity contribution in [1.29, 1.82) is 0 Å². The van der Waals surface area contributed by atoms with Gasteiger partial charge in [0.1, 0.15) is 5.82 Å². The van der Waals surface area contributed by atoms with Crippen LogP contribution in [0.3, 0.4) is 0 Å². The number of aliphatic imine (C=N–C) groups is 1. The molecule has 8 heteroatoms. The molecule has 160 valence electrons. The van der Waals surface area contributed by atoms with E-state index < -0.39 is 0 Å². The molecule has 0 saturated carbocycles. The number of hydrogen-bond donors (Lipinski definition) is 1. The zero-order chi connectivity index (χ0) is 19.3. The molecule has 0 aliphatic carbocycles. The summed E-state index contributed by atoms with van der Waals surface area (Å²) < 4.78 is 3.49. The third kappa shape index (κ3) is 5.51. The fourth-order valence-corrected chi connectivity index (χ4v) is 4.66. The molecule has 0 radical (unpaired) electrons. The monoisotopic (exact) mass is 504 g/mol. The highest BCUT2D eigenvalue weighted by Gasteiger charge is 2.31. The zero-order valence-corrected chi connectivity index (χ0v) is 20.1. The summed E-state index contributed by atoms with van der Waals surface area (Å²) in [5, 5.41) is 8.01. The van der Waals surface area contributed by atoms with E-state index in [1.807, 2.05) is 11.6 Å². The number of nitrogens with one attached hydrogen (secondary N) is 1. The standard InChI is InChI=1S/C20H36N6O.HI/c1-4-10-20(2)11-7-13-24(16-20)18(21-3)22-12-8-15-26-19(27)25-14-6-5-9-17(25)23-26;/h4-16H2,1-3H3,(H,21,22);1H. The number of guanidine groups is 1.